The molecule has 4 heteroatoms. The Morgan fingerprint density at radius 3 is 2.58 bits per heavy atom. The summed E-state index contributed by atoms with van der Waals surface area (Å²) in [6.45, 7) is 3.56. The maximum Gasteiger partial charge on any atom is 0.287 e. The van der Waals surface area contributed by atoms with Crippen LogP contribution in [0.15, 0.2) is 16.5 Å². The summed E-state index contributed by atoms with van der Waals surface area (Å²) in [5.41, 5.74) is 5.68. The highest BCUT2D eigenvalue weighted by atomic mass is 16.3. The number of amides is 1. The van der Waals surface area contributed by atoms with Gasteiger partial charge in [-0.1, -0.05) is 6.92 Å². The lowest BCUT2D eigenvalue weighted by atomic mass is 9.82. The van der Waals surface area contributed by atoms with Crippen molar-refractivity contribution in [2.75, 3.05) is 13.1 Å². The van der Waals surface area contributed by atoms with E-state index in [1.54, 1.807) is 6.07 Å². The number of carbonyl (C=O) groups is 1. The minimum absolute atomic E-state index is 0.0966. The van der Waals surface area contributed by atoms with Gasteiger partial charge in [-0.3, -0.25) is 4.79 Å². The van der Waals surface area contributed by atoms with Crippen LogP contribution in [-0.4, -0.2) is 19.0 Å². The van der Waals surface area contributed by atoms with E-state index in [1.807, 2.05) is 13.0 Å². The topological polar surface area (TPSA) is 68.3 Å². The van der Waals surface area contributed by atoms with Gasteiger partial charge in [0.25, 0.3) is 5.91 Å². The number of hydrogen-bond acceptors (Lipinski definition) is 3. The van der Waals surface area contributed by atoms with Crippen LogP contribution in [0, 0.1) is 11.8 Å². The maximum absolute atomic E-state index is 11.9. The standard InChI is InChI=1S/C15H24N2O2/c1-2-13-7-8-14(19-13)15(18)17-10-12-5-3-11(9-16)4-6-12/h7-8,11-12H,2-6,9-10,16H2,1H3,(H,17,18). The van der Waals surface area contributed by atoms with Crippen LogP contribution < -0.4 is 11.1 Å². The van der Waals surface area contributed by atoms with Crippen molar-refractivity contribution in [2.45, 2.75) is 39.0 Å². The Morgan fingerprint density at radius 2 is 2.00 bits per heavy atom. The molecule has 0 atom stereocenters. The summed E-state index contributed by atoms with van der Waals surface area (Å²) in [5.74, 6) is 2.46. The van der Waals surface area contributed by atoms with Crippen LogP contribution in [-0.2, 0) is 6.42 Å². The first-order valence-electron chi connectivity index (χ1n) is 7.30. The summed E-state index contributed by atoms with van der Waals surface area (Å²) in [7, 11) is 0. The summed E-state index contributed by atoms with van der Waals surface area (Å²) in [5, 5.41) is 2.97. The third kappa shape index (κ3) is 3.83. The molecule has 0 unspecified atom stereocenters. The molecular formula is C15H24N2O2. The minimum atomic E-state index is -0.0966. The summed E-state index contributed by atoms with van der Waals surface area (Å²) >= 11 is 0. The van der Waals surface area contributed by atoms with E-state index in [4.69, 9.17) is 10.2 Å². The number of hydrogen-bond donors (Lipinski definition) is 2. The van der Waals surface area contributed by atoms with E-state index in [0.717, 1.165) is 25.3 Å². The normalized spacial score (nSPS) is 23.3. The van der Waals surface area contributed by atoms with Crippen molar-refractivity contribution in [1.82, 2.24) is 5.32 Å². The van der Waals surface area contributed by atoms with E-state index in [1.165, 1.54) is 25.7 Å². The zero-order valence-corrected chi connectivity index (χ0v) is 11.7. The first-order valence-corrected chi connectivity index (χ1v) is 7.30. The molecule has 1 saturated carbocycles. The smallest absolute Gasteiger partial charge is 0.287 e. The second-order valence-electron chi connectivity index (χ2n) is 5.45. The molecule has 2 rings (SSSR count). The van der Waals surface area contributed by atoms with Crippen molar-refractivity contribution in [2.24, 2.45) is 17.6 Å². The van der Waals surface area contributed by atoms with E-state index in [2.05, 4.69) is 5.32 Å². The van der Waals surface area contributed by atoms with Crippen molar-refractivity contribution in [3.05, 3.63) is 23.7 Å². The fraction of sp³-hybridized carbons (Fsp3) is 0.667. The van der Waals surface area contributed by atoms with Gasteiger partial charge < -0.3 is 15.5 Å². The number of nitrogens with one attached hydrogen (secondary N) is 1. The number of nitrogens with two attached hydrogens (primary N) is 1. The van der Waals surface area contributed by atoms with Gasteiger partial charge in [-0.2, -0.15) is 0 Å². The third-order valence-electron chi connectivity index (χ3n) is 4.08. The van der Waals surface area contributed by atoms with E-state index < -0.39 is 0 Å². The van der Waals surface area contributed by atoms with Crippen molar-refractivity contribution >= 4 is 5.91 Å². The predicted octanol–water partition coefficient (Wildman–Crippen LogP) is 2.34. The number of furan rings is 1. The van der Waals surface area contributed by atoms with Crippen LogP contribution in [0.5, 0.6) is 0 Å². The molecule has 1 heterocycles. The summed E-state index contributed by atoms with van der Waals surface area (Å²) in [4.78, 5) is 11.9. The summed E-state index contributed by atoms with van der Waals surface area (Å²) in [6, 6.07) is 3.61. The predicted molar refractivity (Wildman–Crippen MR) is 74.9 cm³/mol. The molecule has 1 aromatic heterocycles. The molecule has 4 nitrogen and oxygen atoms in total. The molecule has 3 N–H and O–H groups in total. The second kappa shape index (κ2) is 6.75. The molecule has 1 fully saturated rings. The van der Waals surface area contributed by atoms with Gasteiger partial charge in [0.2, 0.25) is 0 Å². The monoisotopic (exact) mass is 264 g/mol. The molecule has 106 valence electrons. The number of carbonyl (C=O) groups excluding carboxylic acids is 1. The molecule has 0 aromatic carbocycles. The van der Waals surface area contributed by atoms with Gasteiger partial charge in [0.05, 0.1) is 0 Å². The van der Waals surface area contributed by atoms with Crippen LogP contribution in [0.25, 0.3) is 0 Å². The van der Waals surface area contributed by atoms with Crippen LogP contribution in [0.3, 0.4) is 0 Å². The largest absolute Gasteiger partial charge is 0.456 e. The Morgan fingerprint density at radius 1 is 1.32 bits per heavy atom. The molecule has 0 spiro atoms. The molecule has 1 aromatic rings. The van der Waals surface area contributed by atoms with Gasteiger partial charge in [-0.15, -0.1) is 0 Å². The Hall–Kier alpha value is -1.29. The molecule has 0 aliphatic heterocycles. The fourth-order valence-electron chi connectivity index (χ4n) is 2.69. The second-order valence-corrected chi connectivity index (χ2v) is 5.45. The van der Waals surface area contributed by atoms with Crippen LogP contribution in [0.4, 0.5) is 0 Å². The molecule has 1 aliphatic carbocycles. The van der Waals surface area contributed by atoms with Crippen LogP contribution in [0.2, 0.25) is 0 Å². The highest BCUT2D eigenvalue weighted by molar-refractivity contribution is 5.91. The van der Waals surface area contributed by atoms with Crippen molar-refractivity contribution in [3.8, 4) is 0 Å². The quantitative estimate of drug-likeness (QED) is 0.857. The third-order valence-corrected chi connectivity index (χ3v) is 4.08. The highest BCUT2D eigenvalue weighted by Gasteiger charge is 2.21. The zero-order chi connectivity index (χ0) is 13.7. The molecular weight excluding hydrogens is 240 g/mol. The Bertz CT molecular complexity index is 406. The Labute approximate surface area is 114 Å². The van der Waals surface area contributed by atoms with Gasteiger partial charge in [0.15, 0.2) is 5.76 Å². The lowest BCUT2D eigenvalue weighted by molar-refractivity contribution is 0.0912. The summed E-state index contributed by atoms with van der Waals surface area (Å²) in [6.07, 6.45) is 5.53. The Kier molecular flexibility index (Phi) is 5.02. The molecule has 19 heavy (non-hydrogen) atoms. The first kappa shape index (κ1) is 14.1. The molecule has 0 saturated heterocycles. The SMILES string of the molecule is CCc1ccc(C(=O)NCC2CCC(CN)CC2)o1. The molecule has 0 radical (unpaired) electrons. The van der Waals surface area contributed by atoms with Crippen molar-refractivity contribution in [1.29, 1.82) is 0 Å². The molecule has 1 amide bonds. The van der Waals surface area contributed by atoms with Crippen molar-refractivity contribution < 1.29 is 9.21 Å². The lowest BCUT2D eigenvalue weighted by Crippen LogP contribution is -2.32. The van der Waals surface area contributed by atoms with E-state index in [0.29, 0.717) is 17.6 Å². The van der Waals surface area contributed by atoms with Crippen molar-refractivity contribution in [3.63, 3.8) is 0 Å². The summed E-state index contributed by atoms with van der Waals surface area (Å²) < 4.78 is 5.44. The average Bonchev–Trinajstić information content (AvgIpc) is 2.94. The average molecular weight is 264 g/mol. The first-order chi connectivity index (χ1) is 9.22. The maximum atomic E-state index is 11.9. The number of rotatable bonds is 5. The minimum Gasteiger partial charge on any atom is -0.456 e. The van der Waals surface area contributed by atoms with Crippen LogP contribution in [0.1, 0.15) is 48.9 Å². The Balaban J connectivity index is 1.75. The van der Waals surface area contributed by atoms with Gasteiger partial charge in [-0.05, 0) is 56.2 Å². The van der Waals surface area contributed by atoms with Gasteiger partial charge in [0, 0.05) is 13.0 Å². The van der Waals surface area contributed by atoms with E-state index >= 15 is 0 Å². The zero-order valence-electron chi connectivity index (χ0n) is 11.7. The molecule has 0 bridgehead atoms. The fourth-order valence-corrected chi connectivity index (χ4v) is 2.69. The van der Waals surface area contributed by atoms with Crippen LogP contribution >= 0.6 is 0 Å². The van der Waals surface area contributed by atoms with E-state index in [-0.39, 0.29) is 5.91 Å². The highest BCUT2D eigenvalue weighted by Crippen LogP contribution is 2.27. The van der Waals surface area contributed by atoms with Gasteiger partial charge in [0.1, 0.15) is 5.76 Å². The van der Waals surface area contributed by atoms with Gasteiger partial charge in [-0.25, -0.2) is 0 Å². The number of aryl methyl sites for hydroxylation is 1. The van der Waals surface area contributed by atoms with E-state index in [9.17, 15) is 4.79 Å². The molecule has 1 aliphatic rings. The van der Waals surface area contributed by atoms with Gasteiger partial charge >= 0.3 is 0 Å². The lowest BCUT2D eigenvalue weighted by Gasteiger charge is -2.27.